The molecule has 0 radical (unpaired) electrons. The van der Waals surface area contributed by atoms with Crippen molar-refractivity contribution in [1.29, 1.82) is 0 Å². The Bertz CT molecular complexity index is 1390. The molecular formula is C28H25Cl2N3O4. The van der Waals surface area contributed by atoms with Crippen molar-refractivity contribution >= 4 is 58.0 Å². The number of nitrogens with one attached hydrogen (secondary N) is 2. The highest BCUT2D eigenvalue weighted by Crippen LogP contribution is 2.34. The topological polar surface area (TPSA) is 87.7 Å². The number of ether oxygens (including phenoxy) is 1. The predicted octanol–water partition coefficient (Wildman–Crippen LogP) is 6.05. The van der Waals surface area contributed by atoms with Gasteiger partial charge in [0.2, 0.25) is 5.91 Å². The van der Waals surface area contributed by atoms with E-state index in [0.29, 0.717) is 40.0 Å². The molecule has 37 heavy (non-hydrogen) atoms. The standard InChI is InChI=1S/C28H25Cl2N3O4/c1-3-15-37-23-10-5-4-8-21(23)32-24(34)16-18-11-13-19(14-12-18)31-26-25(30)27(35)33(28(26)36)22-9-6-7-20(29)17(22)2/h4-14,31H,3,15-16H2,1-2H3,(H,32,34). The van der Waals surface area contributed by atoms with Crippen LogP contribution in [-0.2, 0) is 20.8 Å². The van der Waals surface area contributed by atoms with E-state index in [0.717, 1.165) is 16.9 Å². The van der Waals surface area contributed by atoms with Crippen LogP contribution in [0.4, 0.5) is 17.1 Å². The van der Waals surface area contributed by atoms with Crippen molar-refractivity contribution < 1.29 is 19.1 Å². The van der Waals surface area contributed by atoms with Crippen LogP contribution in [-0.4, -0.2) is 24.3 Å². The zero-order chi connectivity index (χ0) is 26.5. The number of imide groups is 1. The fourth-order valence-corrected chi connectivity index (χ4v) is 4.19. The Kier molecular flexibility index (Phi) is 8.16. The van der Waals surface area contributed by atoms with E-state index in [9.17, 15) is 14.4 Å². The molecule has 4 rings (SSSR count). The molecule has 0 saturated carbocycles. The molecule has 3 amide bonds. The average molecular weight is 538 g/mol. The van der Waals surface area contributed by atoms with Crippen LogP contribution in [0.2, 0.25) is 5.02 Å². The predicted molar refractivity (Wildman–Crippen MR) is 146 cm³/mol. The molecule has 190 valence electrons. The zero-order valence-corrected chi connectivity index (χ0v) is 21.8. The third kappa shape index (κ3) is 5.79. The molecule has 2 N–H and O–H groups in total. The molecule has 1 aliphatic heterocycles. The summed E-state index contributed by atoms with van der Waals surface area (Å²) in [6, 6.07) is 19.2. The van der Waals surface area contributed by atoms with Crippen molar-refractivity contribution in [2.45, 2.75) is 26.7 Å². The van der Waals surface area contributed by atoms with Gasteiger partial charge in [-0.25, -0.2) is 4.90 Å². The molecule has 0 spiro atoms. The van der Waals surface area contributed by atoms with Gasteiger partial charge in [0, 0.05) is 10.7 Å². The Hall–Kier alpha value is -3.81. The summed E-state index contributed by atoms with van der Waals surface area (Å²) in [6.07, 6.45) is 1.01. The Balaban J connectivity index is 1.42. The molecule has 1 aliphatic rings. The van der Waals surface area contributed by atoms with E-state index in [-0.39, 0.29) is 23.1 Å². The fraction of sp³-hybridized carbons (Fsp3) is 0.179. The van der Waals surface area contributed by atoms with E-state index in [1.165, 1.54) is 0 Å². The lowest BCUT2D eigenvalue weighted by molar-refractivity contribution is -0.120. The smallest absolute Gasteiger partial charge is 0.283 e. The lowest BCUT2D eigenvalue weighted by atomic mass is 10.1. The minimum Gasteiger partial charge on any atom is -0.491 e. The van der Waals surface area contributed by atoms with Crippen LogP contribution < -0.4 is 20.3 Å². The number of para-hydroxylation sites is 2. The van der Waals surface area contributed by atoms with Crippen molar-refractivity contribution in [3.05, 3.63) is 93.6 Å². The van der Waals surface area contributed by atoms with Crippen LogP contribution in [0.25, 0.3) is 0 Å². The summed E-state index contributed by atoms with van der Waals surface area (Å²) in [5, 5.41) is 6.05. The highest BCUT2D eigenvalue weighted by atomic mass is 35.5. The van der Waals surface area contributed by atoms with Gasteiger partial charge in [0.05, 0.1) is 24.4 Å². The number of hydrogen-bond acceptors (Lipinski definition) is 5. The first-order chi connectivity index (χ1) is 17.8. The molecule has 0 atom stereocenters. The van der Waals surface area contributed by atoms with Gasteiger partial charge < -0.3 is 15.4 Å². The summed E-state index contributed by atoms with van der Waals surface area (Å²) in [6.45, 7) is 4.30. The maximum Gasteiger partial charge on any atom is 0.283 e. The molecule has 9 heteroatoms. The van der Waals surface area contributed by atoms with Gasteiger partial charge in [-0.05, 0) is 60.9 Å². The van der Waals surface area contributed by atoms with Crippen LogP contribution in [0, 0.1) is 6.92 Å². The quantitative estimate of drug-likeness (QED) is 0.324. The average Bonchev–Trinajstić information content (AvgIpc) is 3.09. The molecule has 0 aromatic heterocycles. The minimum absolute atomic E-state index is 0.0276. The summed E-state index contributed by atoms with van der Waals surface area (Å²) < 4.78 is 5.69. The molecule has 0 bridgehead atoms. The van der Waals surface area contributed by atoms with Crippen LogP contribution >= 0.6 is 23.2 Å². The molecule has 0 saturated heterocycles. The van der Waals surface area contributed by atoms with Crippen LogP contribution in [0.15, 0.2) is 77.5 Å². The lowest BCUT2D eigenvalue weighted by Crippen LogP contribution is -2.32. The maximum atomic E-state index is 13.1. The van der Waals surface area contributed by atoms with Crippen molar-refractivity contribution in [3.63, 3.8) is 0 Å². The Morgan fingerprint density at radius 3 is 2.41 bits per heavy atom. The Morgan fingerprint density at radius 1 is 0.946 bits per heavy atom. The second-order valence-corrected chi connectivity index (χ2v) is 9.20. The number of carbonyl (C=O) groups is 3. The number of benzene rings is 3. The highest BCUT2D eigenvalue weighted by molar-refractivity contribution is 6.53. The minimum atomic E-state index is -0.629. The monoisotopic (exact) mass is 537 g/mol. The van der Waals surface area contributed by atoms with Gasteiger partial charge in [0.1, 0.15) is 16.5 Å². The van der Waals surface area contributed by atoms with E-state index < -0.39 is 11.8 Å². The normalized spacial score (nSPS) is 13.2. The Morgan fingerprint density at radius 2 is 1.68 bits per heavy atom. The summed E-state index contributed by atoms with van der Waals surface area (Å²) in [4.78, 5) is 39.5. The first-order valence-electron chi connectivity index (χ1n) is 11.7. The molecule has 3 aromatic rings. The zero-order valence-electron chi connectivity index (χ0n) is 20.3. The number of amides is 3. The maximum absolute atomic E-state index is 13.1. The first kappa shape index (κ1) is 26.3. The van der Waals surface area contributed by atoms with Crippen molar-refractivity contribution in [3.8, 4) is 5.75 Å². The van der Waals surface area contributed by atoms with Crippen molar-refractivity contribution in [2.75, 3.05) is 22.1 Å². The SMILES string of the molecule is CCCOc1ccccc1NC(=O)Cc1ccc(NC2=C(Cl)C(=O)N(c3cccc(Cl)c3C)C2=O)cc1. The number of rotatable bonds is 9. The summed E-state index contributed by atoms with van der Waals surface area (Å²) in [7, 11) is 0. The largest absolute Gasteiger partial charge is 0.491 e. The van der Waals surface area contributed by atoms with Gasteiger partial charge in [0.25, 0.3) is 11.8 Å². The van der Waals surface area contributed by atoms with E-state index in [1.807, 2.05) is 25.1 Å². The van der Waals surface area contributed by atoms with Gasteiger partial charge in [-0.15, -0.1) is 0 Å². The van der Waals surface area contributed by atoms with Crippen LogP contribution in [0.3, 0.4) is 0 Å². The molecule has 7 nitrogen and oxygen atoms in total. The van der Waals surface area contributed by atoms with E-state index in [2.05, 4.69) is 10.6 Å². The highest BCUT2D eigenvalue weighted by Gasteiger charge is 2.39. The van der Waals surface area contributed by atoms with E-state index >= 15 is 0 Å². The molecule has 1 heterocycles. The third-order valence-corrected chi connectivity index (χ3v) is 6.48. The number of carbonyl (C=O) groups excluding carboxylic acids is 3. The molecular weight excluding hydrogens is 513 g/mol. The third-order valence-electron chi connectivity index (χ3n) is 5.72. The summed E-state index contributed by atoms with van der Waals surface area (Å²) >= 11 is 12.4. The second-order valence-electron chi connectivity index (χ2n) is 8.41. The first-order valence-corrected chi connectivity index (χ1v) is 12.5. The van der Waals surface area contributed by atoms with Gasteiger partial charge in [0.15, 0.2) is 0 Å². The van der Waals surface area contributed by atoms with E-state index in [4.69, 9.17) is 27.9 Å². The fourth-order valence-electron chi connectivity index (χ4n) is 3.81. The van der Waals surface area contributed by atoms with Gasteiger partial charge in [-0.1, -0.05) is 60.5 Å². The van der Waals surface area contributed by atoms with Gasteiger partial charge in [-0.2, -0.15) is 0 Å². The number of nitrogens with zero attached hydrogens (tertiary/aromatic N) is 1. The molecule has 0 aliphatic carbocycles. The second kappa shape index (κ2) is 11.5. The van der Waals surface area contributed by atoms with E-state index in [1.54, 1.807) is 55.5 Å². The van der Waals surface area contributed by atoms with Crippen molar-refractivity contribution in [1.82, 2.24) is 0 Å². The Labute approximate surface area is 225 Å². The van der Waals surface area contributed by atoms with Crippen LogP contribution in [0.5, 0.6) is 5.75 Å². The summed E-state index contributed by atoms with van der Waals surface area (Å²) in [5.41, 5.74) is 2.87. The summed E-state index contributed by atoms with van der Waals surface area (Å²) in [5.74, 6) is -0.771. The lowest BCUT2D eigenvalue weighted by Gasteiger charge is -2.18. The number of anilines is 3. The number of halogens is 2. The van der Waals surface area contributed by atoms with Crippen molar-refractivity contribution in [2.24, 2.45) is 0 Å². The number of hydrogen-bond donors (Lipinski definition) is 2. The van der Waals surface area contributed by atoms with Gasteiger partial charge in [-0.3, -0.25) is 14.4 Å². The van der Waals surface area contributed by atoms with Gasteiger partial charge >= 0.3 is 0 Å². The molecule has 0 unspecified atom stereocenters. The molecule has 3 aromatic carbocycles. The molecule has 0 fully saturated rings. The van der Waals surface area contributed by atoms with Crippen LogP contribution in [0.1, 0.15) is 24.5 Å².